The van der Waals surface area contributed by atoms with Crippen molar-refractivity contribution in [2.75, 3.05) is 26.2 Å². The third kappa shape index (κ3) is 2.66. The normalized spacial score (nSPS) is 35.2. The van der Waals surface area contributed by atoms with E-state index in [9.17, 15) is 0 Å². The summed E-state index contributed by atoms with van der Waals surface area (Å²) in [7, 11) is 0. The van der Waals surface area contributed by atoms with Gasteiger partial charge >= 0.3 is 0 Å². The first kappa shape index (κ1) is 11.7. The quantitative estimate of drug-likeness (QED) is 0.671. The van der Waals surface area contributed by atoms with Gasteiger partial charge in [0, 0.05) is 43.6 Å². The predicted octanol–water partition coefficient (Wildman–Crippen LogP) is 2.17. The van der Waals surface area contributed by atoms with Gasteiger partial charge in [0.1, 0.15) is 0 Å². The number of halogens is 1. The molecule has 0 radical (unpaired) electrons. The lowest BCUT2D eigenvalue weighted by molar-refractivity contribution is 0.0809. The standard InChI is InChI=1S/C12H23ClN2/c1-10(2)14-6-8-15(9-7-14)12-5-3-4-11(12)13/h10-12H,3-9H2,1-2H3/t11-,12?/m0/s1. The summed E-state index contributed by atoms with van der Waals surface area (Å²) >= 11 is 6.36. The fourth-order valence-corrected chi connectivity index (χ4v) is 3.33. The van der Waals surface area contributed by atoms with Gasteiger partial charge in [-0.2, -0.15) is 0 Å². The molecule has 88 valence electrons. The van der Waals surface area contributed by atoms with Crippen molar-refractivity contribution in [3.63, 3.8) is 0 Å². The molecular weight excluding hydrogens is 208 g/mol. The van der Waals surface area contributed by atoms with E-state index in [-0.39, 0.29) is 0 Å². The summed E-state index contributed by atoms with van der Waals surface area (Å²) in [5.41, 5.74) is 0. The van der Waals surface area contributed by atoms with E-state index in [1.54, 1.807) is 0 Å². The van der Waals surface area contributed by atoms with E-state index >= 15 is 0 Å². The molecule has 0 N–H and O–H groups in total. The summed E-state index contributed by atoms with van der Waals surface area (Å²) in [4.78, 5) is 5.18. The lowest BCUT2D eigenvalue weighted by Crippen LogP contribution is -2.53. The van der Waals surface area contributed by atoms with Gasteiger partial charge in [0.15, 0.2) is 0 Å². The van der Waals surface area contributed by atoms with Crippen LogP contribution in [-0.2, 0) is 0 Å². The Hall–Kier alpha value is 0.210. The van der Waals surface area contributed by atoms with Crippen molar-refractivity contribution >= 4 is 11.6 Å². The van der Waals surface area contributed by atoms with E-state index in [1.165, 1.54) is 45.4 Å². The van der Waals surface area contributed by atoms with Crippen LogP contribution in [-0.4, -0.2) is 53.4 Å². The van der Waals surface area contributed by atoms with Gasteiger partial charge in [-0.3, -0.25) is 9.80 Å². The first-order valence-electron chi connectivity index (χ1n) is 6.30. The van der Waals surface area contributed by atoms with Crippen LogP contribution < -0.4 is 0 Å². The molecule has 1 saturated carbocycles. The maximum Gasteiger partial charge on any atom is 0.0491 e. The molecule has 0 amide bonds. The van der Waals surface area contributed by atoms with Crippen LogP contribution in [0.3, 0.4) is 0 Å². The van der Waals surface area contributed by atoms with Crippen molar-refractivity contribution in [1.29, 1.82) is 0 Å². The van der Waals surface area contributed by atoms with Crippen molar-refractivity contribution in [1.82, 2.24) is 9.80 Å². The second-order valence-electron chi connectivity index (χ2n) is 5.18. The zero-order valence-corrected chi connectivity index (χ0v) is 10.7. The molecule has 2 fully saturated rings. The van der Waals surface area contributed by atoms with Crippen LogP contribution in [0, 0.1) is 0 Å². The highest BCUT2D eigenvalue weighted by atomic mass is 35.5. The summed E-state index contributed by atoms with van der Waals surface area (Å²) in [6.07, 6.45) is 3.86. The molecule has 3 heteroatoms. The van der Waals surface area contributed by atoms with Gasteiger partial charge in [0.25, 0.3) is 0 Å². The minimum Gasteiger partial charge on any atom is -0.298 e. The Morgan fingerprint density at radius 1 is 1.07 bits per heavy atom. The average Bonchev–Trinajstić information content (AvgIpc) is 2.65. The van der Waals surface area contributed by atoms with Gasteiger partial charge in [0.2, 0.25) is 0 Å². The monoisotopic (exact) mass is 230 g/mol. The number of piperazine rings is 1. The Kier molecular flexibility index (Phi) is 3.92. The van der Waals surface area contributed by atoms with Crippen LogP contribution in [0.1, 0.15) is 33.1 Å². The summed E-state index contributed by atoms with van der Waals surface area (Å²) in [6, 6.07) is 1.36. The molecule has 2 rings (SSSR count). The summed E-state index contributed by atoms with van der Waals surface area (Å²) in [5, 5.41) is 0.413. The van der Waals surface area contributed by atoms with Crippen LogP contribution >= 0.6 is 11.6 Å². The van der Waals surface area contributed by atoms with Gasteiger partial charge in [-0.25, -0.2) is 0 Å². The molecule has 15 heavy (non-hydrogen) atoms. The molecular formula is C12H23ClN2. The van der Waals surface area contributed by atoms with Crippen LogP contribution in [0.4, 0.5) is 0 Å². The Labute approximate surface area is 98.6 Å². The summed E-state index contributed by atoms with van der Waals surface area (Å²) in [6.45, 7) is 9.44. The molecule has 1 heterocycles. The lowest BCUT2D eigenvalue weighted by atomic mass is 10.1. The van der Waals surface area contributed by atoms with E-state index < -0.39 is 0 Å². The molecule has 2 atom stereocenters. The van der Waals surface area contributed by atoms with Gasteiger partial charge in [-0.1, -0.05) is 6.42 Å². The van der Waals surface area contributed by atoms with Crippen molar-refractivity contribution in [2.45, 2.75) is 50.6 Å². The highest BCUT2D eigenvalue weighted by Gasteiger charge is 2.32. The van der Waals surface area contributed by atoms with Crippen LogP contribution in [0.5, 0.6) is 0 Å². The maximum absolute atomic E-state index is 6.36. The van der Waals surface area contributed by atoms with E-state index in [0.29, 0.717) is 17.5 Å². The Bertz CT molecular complexity index is 200. The fourth-order valence-electron chi connectivity index (χ4n) is 2.89. The molecule has 0 aromatic carbocycles. The molecule has 1 unspecified atom stereocenters. The van der Waals surface area contributed by atoms with Crippen molar-refractivity contribution in [2.24, 2.45) is 0 Å². The second kappa shape index (κ2) is 5.03. The first-order chi connectivity index (χ1) is 7.18. The Balaban J connectivity index is 1.82. The summed E-state index contributed by atoms with van der Waals surface area (Å²) < 4.78 is 0. The molecule has 1 aliphatic carbocycles. The van der Waals surface area contributed by atoms with Gasteiger partial charge in [0.05, 0.1) is 0 Å². The lowest BCUT2D eigenvalue weighted by Gasteiger charge is -2.40. The number of nitrogens with zero attached hydrogens (tertiary/aromatic N) is 2. The third-order valence-electron chi connectivity index (χ3n) is 3.95. The zero-order valence-electron chi connectivity index (χ0n) is 9.95. The zero-order chi connectivity index (χ0) is 10.8. The predicted molar refractivity (Wildman–Crippen MR) is 65.6 cm³/mol. The number of rotatable bonds is 2. The van der Waals surface area contributed by atoms with E-state index in [0.717, 1.165) is 0 Å². The van der Waals surface area contributed by atoms with Crippen LogP contribution in [0.2, 0.25) is 0 Å². The molecule has 1 aliphatic heterocycles. The van der Waals surface area contributed by atoms with Gasteiger partial charge in [-0.05, 0) is 26.7 Å². The highest BCUT2D eigenvalue weighted by molar-refractivity contribution is 6.21. The number of hydrogen-bond donors (Lipinski definition) is 0. The molecule has 2 aliphatic rings. The average molecular weight is 231 g/mol. The second-order valence-corrected chi connectivity index (χ2v) is 5.74. The smallest absolute Gasteiger partial charge is 0.0491 e. The topological polar surface area (TPSA) is 6.48 Å². The number of alkyl halides is 1. The maximum atomic E-state index is 6.36. The fraction of sp³-hybridized carbons (Fsp3) is 1.00. The SMILES string of the molecule is CC(C)N1CCN(C2CCC[C@@H]2Cl)CC1. The summed E-state index contributed by atoms with van der Waals surface area (Å²) in [5.74, 6) is 0. The number of hydrogen-bond acceptors (Lipinski definition) is 2. The van der Waals surface area contributed by atoms with E-state index in [2.05, 4.69) is 23.6 Å². The first-order valence-corrected chi connectivity index (χ1v) is 6.74. The highest BCUT2D eigenvalue weighted by Crippen LogP contribution is 2.29. The van der Waals surface area contributed by atoms with Crippen LogP contribution in [0.25, 0.3) is 0 Å². The molecule has 0 bridgehead atoms. The molecule has 1 saturated heterocycles. The molecule has 0 spiro atoms. The largest absolute Gasteiger partial charge is 0.298 e. The third-order valence-corrected chi connectivity index (χ3v) is 4.45. The molecule has 2 nitrogen and oxygen atoms in total. The van der Waals surface area contributed by atoms with E-state index in [1.807, 2.05) is 0 Å². The van der Waals surface area contributed by atoms with Crippen molar-refractivity contribution < 1.29 is 0 Å². The minimum atomic E-state index is 0.413. The minimum absolute atomic E-state index is 0.413. The van der Waals surface area contributed by atoms with Gasteiger partial charge < -0.3 is 0 Å². The Morgan fingerprint density at radius 3 is 2.20 bits per heavy atom. The Morgan fingerprint density at radius 2 is 1.73 bits per heavy atom. The van der Waals surface area contributed by atoms with E-state index in [4.69, 9.17) is 11.6 Å². The van der Waals surface area contributed by atoms with Crippen molar-refractivity contribution in [3.8, 4) is 0 Å². The molecule has 0 aromatic rings. The van der Waals surface area contributed by atoms with Gasteiger partial charge in [-0.15, -0.1) is 11.6 Å². The van der Waals surface area contributed by atoms with Crippen molar-refractivity contribution in [3.05, 3.63) is 0 Å². The molecule has 0 aromatic heterocycles. The van der Waals surface area contributed by atoms with Crippen LogP contribution in [0.15, 0.2) is 0 Å².